The van der Waals surface area contributed by atoms with E-state index in [1.807, 2.05) is 13.8 Å². The van der Waals surface area contributed by atoms with Crippen LogP contribution in [0.3, 0.4) is 0 Å². The molecule has 5 nitrogen and oxygen atoms in total. The van der Waals surface area contributed by atoms with Gasteiger partial charge in [0, 0.05) is 19.2 Å². The van der Waals surface area contributed by atoms with Gasteiger partial charge in [0.15, 0.2) is 16.3 Å². The molecular formula is C18H18BrF2N3O2. The van der Waals surface area contributed by atoms with Crippen molar-refractivity contribution in [2.75, 3.05) is 7.05 Å². The summed E-state index contributed by atoms with van der Waals surface area (Å²) in [6.45, 7) is 4.08. The Bertz CT molecular complexity index is 951. The Morgan fingerprint density at radius 3 is 2.62 bits per heavy atom. The number of carbonyl (C=O) groups excluding carboxylic acids is 1. The fraction of sp³-hybridized carbons (Fsp3) is 0.333. The SMILES string of the molecule is CC(C)C(C(=O)N(C)Cc1ccc(Br)o1)n1cnc2cc(F)c(F)cc21. The molecule has 0 aliphatic heterocycles. The molecule has 0 aliphatic carbocycles. The number of rotatable bonds is 5. The molecule has 1 aromatic carbocycles. The number of amides is 1. The van der Waals surface area contributed by atoms with Crippen LogP contribution < -0.4 is 0 Å². The normalized spacial score (nSPS) is 12.7. The Morgan fingerprint density at radius 1 is 1.31 bits per heavy atom. The molecule has 0 spiro atoms. The third-order valence-corrected chi connectivity index (χ3v) is 4.63. The van der Waals surface area contributed by atoms with E-state index in [1.54, 1.807) is 28.6 Å². The average molecular weight is 426 g/mol. The van der Waals surface area contributed by atoms with Gasteiger partial charge in [-0.3, -0.25) is 4.79 Å². The van der Waals surface area contributed by atoms with Crippen LogP contribution in [0.2, 0.25) is 0 Å². The van der Waals surface area contributed by atoms with Crippen LogP contribution >= 0.6 is 15.9 Å². The van der Waals surface area contributed by atoms with Crippen molar-refractivity contribution < 1.29 is 18.0 Å². The number of likely N-dealkylation sites (N-methyl/N-ethyl adjacent to an activating group) is 1. The number of nitrogens with zero attached hydrogens (tertiary/aromatic N) is 3. The zero-order chi connectivity index (χ0) is 19.0. The first-order valence-electron chi connectivity index (χ1n) is 8.08. The molecule has 8 heteroatoms. The second-order valence-corrected chi connectivity index (χ2v) is 7.28. The summed E-state index contributed by atoms with van der Waals surface area (Å²) in [6, 6.07) is 5.04. The topological polar surface area (TPSA) is 51.3 Å². The van der Waals surface area contributed by atoms with Crippen molar-refractivity contribution in [1.29, 1.82) is 0 Å². The van der Waals surface area contributed by atoms with Gasteiger partial charge in [0.2, 0.25) is 5.91 Å². The van der Waals surface area contributed by atoms with Gasteiger partial charge >= 0.3 is 0 Å². The summed E-state index contributed by atoms with van der Waals surface area (Å²) >= 11 is 3.23. The summed E-state index contributed by atoms with van der Waals surface area (Å²) in [4.78, 5) is 18.7. The molecular weight excluding hydrogens is 408 g/mol. The van der Waals surface area contributed by atoms with Crippen LogP contribution in [0.25, 0.3) is 11.0 Å². The van der Waals surface area contributed by atoms with E-state index >= 15 is 0 Å². The Labute approximate surface area is 157 Å². The van der Waals surface area contributed by atoms with Gasteiger partial charge in [0.25, 0.3) is 0 Å². The predicted octanol–water partition coefficient (Wildman–Crippen LogP) is 4.53. The molecule has 0 radical (unpaired) electrons. The molecule has 138 valence electrons. The zero-order valence-corrected chi connectivity index (χ0v) is 16.1. The molecule has 1 unspecified atom stereocenters. The van der Waals surface area contributed by atoms with Gasteiger partial charge in [-0.2, -0.15) is 0 Å². The number of furan rings is 1. The van der Waals surface area contributed by atoms with E-state index in [0.717, 1.165) is 12.1 Å². The molecule has 2 heterocycles. The molecule has 0 saturated heterocycles. The summed E-state index contributed by atoms with van der Waals surface area (Å²) in [5.74, 6) is -1.55. The van der Waals surface area contributed by atoms with Crippen molar-refractivity contribution in [3.05, 3.63) is 52.7 Å². The van der Waals surface area contributed by atoms with Crippen LogP contribution in [-0.4, -0.2) is 27.4 Å². The molecule has 0 bridgehead atoms. The maximum atomic E-state index is 13.7. The Morgan fingerprint density at radius 2 is 2.00 bits per heavy atom. The minimum absolute atomic E-state index is 0.0844. The van der Waals surface area contributed by atoms with Gasteiger partial charge < -0.3 is 13.9 Å². The fourth-order valence-electron chi connectivity index (χ4n) is 2.94. The maximum absolute atomic E-state index is 13.7. The molecule has 0 fully saturated rings. The number of fused-ring (bicyclic) bond motifs is 1. The van der Waals surface area contributed by atoms with E-state index in [0.29, 0.717) is 28.0 Å². The van der Waals surface area contributed by atoms with Crippen LogP contribution in [0.4, 0.5) is 8.78 Å². The van der Waals surface area contributed by atoms with Gasteiger partial charge in [-0.05, 0) is 34.0 Å². The number of hydrogen-bond acceptors (Lipinski definition) is 3. The van der Waals surface area contributed by atoms with Crippen molar-refractivity contribution in [2.24, 2.45) is 5.92 Å². The number of benzene rings is 1. The maximum Gasteiger partial charge on any atom is 0.246 e. The number of carbonyl (C=O) groups is 1. The van der Waals surface area contributed by atoms with Crippen molar-refractivity contribution >= 4 is 32.9 Å². The van der Waals surface area contributed by atoms with E-state index in [1.165, 1.54) is 6.33 Å². The highest BCUT2D eigenvalue weighted by Gasteiger charge is 2.29. The molecule has 1 amide bonds. The summed E-state index contributed by atoms with van der Waals surface area (Å²) in [5.41, 5.74) is 0.685. The monoisotopic (exact) mass is 425 g/mol. The third-order valence-electron chi connectivity index (χ3n) is 4.20. The predicted molar refractivity (Wildman–Crippen MR) is 96.4 cm³/mol. The zero-order valence-electron chi connectivity index (χ0n) is 14.5. The first-order chi connectivity index (χ1) is 12.3. The van der Waals surface area contributed by atoms with Crippen LogP contribution in [0, 0.1) is 17.6 Å². The lowest BCUT2D eigenvalue weighted by atomic mass is 10.0. The van der Waals surface area contributed by atoms with Crippen LogP contribution in [-0.2, 0) is 11.3 Å². The summed E-state index contributed by atoms with van der Waals surface area (Å²) < 4.78 is 34.8. The Hall–Kier alpha value is -2.22. The average Bonchev–Trinajstić information content (AvgIpc) is 3.14. The largest absolute Gasteiger partial charge is 0.452 e. The molecule has 1 atom stereocenters. The molecule has 0 N–H and O–H groups in total. The highest BCUT2D eigenvalue weighted by molar-refractivity contribution is 9.10. The van der Waals surface area contributed by atoms with E-state index in [-0.39, 0.29) is 11.8 Å². The second-order valence-electron chi connectivity index (χ2n) is 6.50. The van der Waals surface area contributed by atoms with Gasteiger partial charge in [0.1, 0.15) is 11.8 Å². The van der Waals surface area contributed by atoms with Crippen molar-refractivity contribution in [1.82, 2.24) is 14.5 Å². The van der Waals surface area contributed by atoms with Gasteiger partial charge in [-0.15, -0.1) is 0 Å². The van der Waals surface area contributed by atoms with Gasteiger partial charge in [-0.25, -0.2) is 13.8 Å². The minimum Gasteiger partial charge on any atom is -0.452 e. The number of imidazole rings is 1. The molecule has 26 heavy (non-hydrogen) atoms. The molecule has 2 aromatic heterocycles. The molecule has 0 aliphatic rings. The third kappa shape index (κ3) is 3.51. The summed E-state index contributed by atoms with van der Waals surface area (Å²) in [5, 5.41) is 0. The van der Waals surface area contributed by atoms with Crippen molar-refractivity contribution in [3.8, 4) is 0 Å². The molecule has 0 saturated carbocycles. The number of aromatic nitrogens is 2. The van der Waals surface area contributed by atoms with Crippen LogP contribution in [0.1, 0.15) is 25.6 Å². The standard InChI is InChI=1S/C18H18BrF2N3O2/c1-10(2)17(18(25)23(3)8-11-4-5-16(19)26-11)24-9-22-14-6-12(20)13(21)7-15(14)24/h4-7,9-10,17H,8H2,1-3H3. The molecule has 3 aromatic rings. The van der Waals surface area contributed by atoms with E-state index in [9.17, 15) is 13.6 Å². The van der Waals surface area contributed by atoms with Gasteiger partial charge in [0.05, 0.1) is 23.9 Å². The Balaban J connectivity index is 1.94. The lowest BCUT2D eigenvalue weighted by Crippen LogP contribution is -2.36. The van der Waals surface area contributed by atoms with Crippen molar-refractivity contribution in [2.45, 2.75) is 26.4 Å². The summed E-state index contributed by atoms with van der Waals surface area (Å²) in [6.07, 6.45) is 1.45. The summed E-state index contributed by atoms with van der Waals surface area (Å²) in [7, 11) is 1.67. The van der Waals surface area contributed by atoms with E-state index < -0.39 is 17.7 Å². The fourth-order valence-corrected chi connectivity index (χ4v) is 3.28. The van der Waals surface area contributed by atoms with E-state index in [2.05, 4.69) is 20.9 Å². The number of halogens is 3. The molecule has 3 rings (SSSR count). The van der Waals surface area contributed by atoms with Crippen LogP contribution in [0.5, 0.6) is 0 Å². The second kappa shape index (κ2) is 7.19. The first-order valence-corrected chi connectivity index (χ1v) is 8.88. The lowest BCUT2D eigenvalue weighted by Gasteiger charge is -2.27. The lowest BCUT2D eigenvalue weighted by molar-refractivity contribution is -0.135. The number of hydrogen-bond donors (Lipinski definition) is 0. The van der Waals surface area contributed by atoms with E-state index in [4.69, 9.17) is 4.42 Å². The smallest absolute Gasteiger partial charge is 0.246 e. The van der Waals surface area contributed by atoms with Crippen molar-refractivity contribution in [3.63, 3.8) is 0 Å². The van der Waals surface area contributed by atoms with Crippen LogP contribution in [0.15, 0.2) is 39.7 Å². The minimum atomic E-state index is -0.969. The van der Waals surface area contributed by atoms with Gasteiger partial charge in [-0.1, -0.05) is 13.8 Å². The highest BCUT2D eigenvalue weighted by Crippen LogP contribution is 2.27. The first kappa shape index (κ1) is 18.6. The Kier molecular flexibility index (Phi) is 5.13. The quantitative estimate of drug-likeness (QED) is 0.603. The highest BCUT2D eigenvalue weighted by atomic mass is 79.9.